The molecule has 0 saturated heterocycles. The zero-order chi connectivity index (χ0) is 11.6. The molecule has 15 heavy (non-hydrogen) atoms. The van der Waals surface area contributed by atoms with Crippen LogP contribution in [-0.4, -0.2) is 19.4 Å². The molecule has 0 aliphatic heterocycles. The molecular weight excluding hydrogens is 204 g/mol. The second-order valence-electron chi connectivity index (χ2n) is 2.84. The SMILES string of the molecule is C/C(=C/c1cnc([N+](=O)[O-])n1C)[N+](=O)[O-]. The first kappa shape index (κ1) is 10.8. The zero-order valence-electron chi connectivity index (χ0n) is 8.08. The summed E-state index contributed by atoms with van der Waals surface area (Å²) >= 11 is 0. The quantitative estimate of drug-likeness (QED) is 0.548. The summed E-state index contributed by atoms with van der Waals surface area (Å²) in [6.07, 6.45) is 2.44. The van der Waals surface area contributed by atoms with Gasteiger partial charge in [0.15, 0.2) is 0 Å². The van der Waals surface area contributed by atoms with E-state index < -0.39 is 9.85 Å². The first-order chi connectivity index (χ1) is 6.93. The van der Waals surface area contributed by atoms with Crippen LogP contribution in [0.15, 0.2) is 11.9 Å². The Labute approximate surface area is 84.1 Å². The van der Waals surface area contributed by atoms with Crippen molar-refractivity contribution in [2.45, 2.75) is 6.92 Å². The van der Waals surface area contributed by atoms with Crippen LogP contribution in [0.25, 0.3) is 6.08 Å². The molecule has 0 aliphatic rings. The van der Waals surface area contributed by atoms with Crippen molar-refractivity contribution in [1.82, 2.24) is 9.55 Å². The van der Waals surface area contributed by atoms with Gasteiger partial charge in [-0.05, 0) is 4.92 Å². The highest BCUT2D eigenvalue weighted by molar-refractivity contribution is 5.47. The molecule has 1 aromatic rings. The average molecular weight is 212 g/mol. The fourth-order valence-electron chi connectivity index (χ4n) is 0.983. The Bertz CT molecular complexity index is 448. The van der Waals surface area contributed by atoms with Crippen LogP contribution in [0.5, 0.6) is 0 Å². The van der Waals surface area contributed by atoms with Crippen molar-refractivity contribution in [2.24, 2.45) is 7.05 Å². The molecule has 1 aromatic heterocycles. The lowest BCUT2D eigenvalue weighted by atomic mass is 10.3. The predicted molar refractivity (Wildman–Crippen MR) is 50.5 cm³/mol. The maximum Gasteiger partial charge on any atom is 0.434 e. The minimum atomic E-state index is -0.654. The van der Waals surface area contributed by atoms with E-state index in [0.29, 0.717) is 5.69 Å². The molecule has 8 heteroatoms. The summed E-state index contributed by atoms with van der Waals surface area (Å²) in [5.74, 6) is -0.350. The minimum Gasteiger partial charge on any atom is -0.390 e. The standard InChI is InChI=1S/C7H8N4O4/c1-5(10(12)13)3-6-4-8-7(9(6)2)11(14)15/h3-4H,1-2H3/b5-3-. The molecule has 0 fully saturated rings. The first-order valence-corrected chi connectivity index (χ1v) is 3.92. The van der Waals surface area contributed by atoms with Crippen molar-refractivity contribution < 1.29 is 9.85 Å². The first-order valence-electron chi connectivity index (χ1n) is 3.92. The number of aromatic nitrogens is 2. The Morgan fingerprint density at radius 2 is 2.13 bits per heavy atom. The highest BCUT2D eigenvalue weighted by Gasteiger charge is 2.17. The van der Waals surface area contributed by atoms with E-state index in [1.165, 1.54) is 30.8 Å². The topological polar surface area (TPSA) is 104 Å². The van der Waals surface area contributed by atoms with E-state index in [9.17, 15) is 20.2 Å². The minimum absolute atomic E-state index is 0.104. The summed E-state index contributed by atoms with van der Waals surface area (Å²) in [6.45, 7) is 1.30. The molecule has 1 rings (SSSR count). The Morgan fingerprint density at radius 1 is 1.53 bits per heavy atom. The third kappa shape index (κ3) is 2.16. The van der Waals surface area contributed by atoms with E-state index >= 15 is 0 Å². The van der Waals surface area contributed by atoms with Gasteiger partial charge in [-0.3, -0.25) is 10.1 Å². The fourth-order valence-corrected chi connectivity index (χ4v) is 0.983. The van der Waals surface area contributed by atoms with Gasteiger partial charge in [-0.1, -0.05) is 4.98 Å². The highest BCUT2D eigenvalue weighted by atomic mass is 16.6. The monoisotopic (exact) mass is 212 g/mol. The number of hydrogen-bond donors (Lipinski definition) is 0. The lowest BCUT2D eigenvalue weighted by Crippen LogP contribution is -2.00. The number of nitrogens with zero attached hydrogens (tertiary/aromatic N) is 4. The van der Waals surface area contributed by atoms with Gasteiger partial charge in [0, 0.05) is 6.92 Å². The highest BCUT2D eigenvalue weighted by Crippen LogP contribution is 2.13. The molecule has 0 saturated carbocycles. The summed E-state index contributed by atoms with van der Waals surface area (Å²) in [5.41, 5.74) is 0.212. The number of allylic oxidation sites excluding steroid dienone is 1. The zero-order valence-corrected chi connectivity index (χ0v) is 8.08. The van der Waals surface area contributed by atoms with E-state index in [2.05, 4.69) is 4.98 Å². The van der Waals surface area contributed by atoms with Crippen LogP contribution in [0.3, 0.4) is 0 Å². The van der Waals surface area contributed by atoms with Crippen molar-refractivity contribution in [1.29, 1.82) is 0 Å². The van der Waals surface area contributed by atoms with Crippen molar-refractivity contribution >= 4 is 12.0 Å². The molecule has 0 bridgehead atoms. The Kier molecular flexibility index (Phi) is 2.79. The molecule has 1 heterocycles. The normalized spacial score (nSPS) is 11.5. The average Bonchev–Trinajstić information content (AvgIpc) is 2.48. The van der Waals surface area contributed by atoms with Gasteiger partial charge in [-0.15, -0.1) is 0 Å². The fraction of sp³-hybridized carbons (Fsp3) is 0.286. The summed E-state index contributed by atoms with van der Waals surface area (Å²) in [7, 11) is 1.42. The molecule has 0 aliphatic carbocycles. The third-order valence-electron chi connectivity index (χ3n) is 1.81. The molecule has 0 unspecified atom stereocenters. The lowest BCUT2D eigenvalue weighted by Gasteiger charge is -1.94. The van der Waals surface area contributed by atoms with Crippen molar-refractivity contribution in [3.63, 3.8) is 0 Å². The van der Waals surface area contributed by atoms with Gasteiger partial charge < -0.3 is 10.1 Å². The van der Waals surface area contributed by atoms with Gasteiger partial charge in [0.05, 0.1) is 18.0 Å². The number of hydrogen-bond acceptors (Lipinski definition) is 5. The maximum absolute atomic E-state index is 10.4. The van der Waals surface area contributed by atoms with Gasteiger partial charge in [-0.25, -0.2) is 4.57 Å². The number of imidazole rings is 1. The molecule has 80 valence electrons. The van der Waals surface area contributed by atoms with Gasteiger partial charge in [0.1, 0.15) is 11.9 Å². The molecule has 0 amide bonds. The Morgan fingerprint density at radius 3 is 2.53 bits per heavy atom. The van der Waals surface area contributed by atoms with Crippen LogP contribution in [0.1, 0.15) is 12.6 Å². The van der Waals surface area contributed by atoms with Crippen LogP contribution in [-0.2, 0) is 7.05 Å². The third-order valence-corrected chi connectivity index (χ3v) is 1.81. The summed E-state index contributed by atoms with van der Waals surface area (Å²) in [5, 5.41) is 20.8. The van der Waals surface area contributed by atoms with Crippen molar-refractivity contribution in [3.8, 4) is 0 Å². The molecule has 0 atom stereocenters. The molecular formula is C7H8N4O4. The Balaban J connectivity index is 3.13. The number of nitro groups is 2. The van der Waals surface area contributed by atoms with Crippen molar-refractivity contribution in [3.05, 3.63) is 37.8 Å². The van der Waals surface area contributed by atoms with Crippen LogP contribution in [0.2, 0.25) is 0 Å². The predicted octanol–water partition coefficient (Wildman–Crippen LogP) is 0.966. The van der Waals surface area contributed by atoms with E-state index in [4.69, 9.17) is 0 Å². The van der Waals surface area contributed by atoms with Crippen LogP contribution >= 0.6 is 0 Å². The van der Waals surface area contributed by atoms with Gasteiger partial charge in [-0.2, -0.15) is 0 Å². The maximum atomic E-state index is 10.4. The Hall–Kier alpha value is -2.25. The smallest absolute Gasteiger partial charge is 0.390 e. The largest absolute Gasteiger partial charge is 0.434 e. The molecule has 0 N–H and O–H groups in total. The van der Waals surface area contributed by atoms with Crippen LogP contribution in [0, 0.1) is 20.2 Å². The van der Waals surface area contributed by atoms with E-state index in [0.717, 1.165) is 0 Å². The second-order valence-corrected chi connectivity index (χ2v) is 2.84. The summed E-state index contributed by atoms with van der Waals surface area (Å²) < 4.78 is 1.17. The molecule has 0 spiro atoms. The van der Waals surface area contributed by atoms with Gasteiger partial charge in [0.25, 0.3) is 0 Å². The summed E-state index contributed by atoms with van der Waals surface area (Å²) in [6, 6.07) is 0. The van der Waals surface area contributed by atoms with Crippen LogP contribution in [0.4, 0.5) is 5.95 Å². The van der Waals surface area contributed by atoms with Gasteiger partial charge in [0.2, 0.25) is 5.70 Å². The van der Waals surface area contributed by atoms with E-state index in [-0.39, 0.29) is 11.6 Å². The lowest BCUT2D eigenvalue weighted by molar-refractivity contribution is -0.422. The van der Waals surface area contributed by atoms with Gasteiger partial charge >= 0.3 is 5.95 Å². The van der Waals surface area contributed by atoms with E-state index in [1.807, 2.05) is 0 Å². The van der Waals surface area contributed by atoms with Crippen LogP contribution < -0.4 is 0 Å². The number of rotatable bonds is 3. The molecule has 0 aromatic carbocycles. The second kappa shape index (κ2) is 3.86. The molecule has 8 nitrogen and oxygen atoms in total. The van der Waals surface area contributed by atoms with Crippen molar-refractivity contribution in [2.75, 3.05) is 0 Å². The summed E-state index contributed by atoms with van der Waals surface area (Å²) in [4.78, 5) is 23.1. The molecule has 0 radical (unpaired) electrons. The van der Waals surface area contributed by atoms with E-state index in [1.54, 1.807) is 0 Å².